The van der Waals surface area contributed by atoms with Crippen LogP contribution in [0.2, 0.25) is 0 Å². The molecule has 2 aliphatic heterocycles. The molecule has 1 saturated carbocycles. The normalized spacial score (nSPS) is 21.0. The first-order chi connectivity index (χ1) is 20.8. The van der Waals surface area contributed by atoms with Crippen molar-refractivity contribution >= 4 is 35.6 Å². The molecule has 2 fully saturated rings. The van der Waals surface area contributed by atoms with Crippen LogP contribution in [0.4, 0.5) is 9.59 Å². The van der Waals surface area contributed by atoms with Gasteiger partial charge in [0.1, 0.15) is 12.1 Å². The van der Waals surface area contributed by atoms with E-state index in [4.69, 9.17) is 5.73 Å². The van der Waals surface area contributed by atoms with Gasteiger partial charge < -0.3 is 36.4 Å². The average Bonchev–Trinajstić information content (AvgIpc) is 3.53. The monoisotopic (exact) mass is 631 g/mol. The number of hydrogen-bond donors (Lipinski definition) is 4. The molecule has 13 heteroatoms. The molecule has 0 spiro atoms. The summed E-state index contributed by atoms with van der Waals surface area (Å²) in [5, 5.41) is 8.51. The molecular formula is C32H53N7O6. The number of nitrogens with zero attached hydrogens (tertiary/aromatic N) is 3. The smallest absolute Gasteiger partial charge is 0.320 e. The fourth-order valence-corrected chi connectivity index (χ4v) is 5.85. The summed E-state index contributed by atoms with van der Waals surface area (Å²) in [5.74, 6) is -2.81. The van der Waals surface area contributed by atoms with Gasteiger partial charge in [-0.05, 0) is 37.0 Å². The second kappa shape index (κ2) is 14.2. The molecule has 13 nitrogen and oxygen atoms in total. The Kier molecular flexibility index (Phi) is 11.3. The van der Waals surface area contributed by atoms with Crippen LogP contribution < -0.4 is 21.7 Å². The summed E-state index contributed by atoms with van der Waals surface area (Å²) in [7, 11) is 0. The van der Waals surface area contributed by atoms with E-state index in [9.17, 15) is 28.8 Å². The maximum absolute atomic E-state index is 14.0. The maximum Gasteiger partial charge on any atom is 0.320 e. The highest BCUT2D eigenvalue weighted by Crippen LogP contribution is 2.31. The highest BCUT2D eigenvalue weighted by Gasteiger charge is 2.42. The number of hydrogen-bond acceptors (Lipinski definition) is 6. The molecule has 4 atom stereocenters. The predicted octanol–water partition coefficient (Wildman–Crippen LogP) is 1.76. The zero-order valence-corrected chi connectivity index (χ0v) is 28.1. The van der Waals surface area contributed by atoms with Crippen molar-refractivity contribution in [2.45, 2.75) is 111 Å². The van der Waals surface area contributed by atoms with Crippen LogP contribution in [0.25, 0.3) is 0 Å². The topological polar surface area (TPSA) is 174 Å². The zero-order valence-electron chi connectivity index (χ0n) is 28.1. The van der Waals surface area contributed by atoms with Gasteiger partial charge in [-0.1, -0.05) is 73.0 Å². The van der Waals surface area contributed by atoms with Gasteiger partial charge in [-0.25, -0.2) is 9.59 Å². The molecule has 1 saturated heterocycles. The molecule has 3 aliphatic rings. The first kappa shape index (κ1) is 35.8. The first-order valence-electron chi connectivity index (χ1n) is 16.0. The van der Waals surface area contributed by atoms with Crippen molar-refractivity contribution in [1.29, 1.82) is 0 Å². The minimum Gasteiger partial charge on any atom is -0.363 e. The fourth-order valence-electron chi connectivity index (χ4n) is 5.85. The standard InChI is InChI=1S/C32H53N7O6/c1-19(2)38-16-15-37(30(38)45)18-23(31(3,4)5)35-29(44)36-25(32(6,7)8)28(43)39-14-10-13-22(39)27(42)34-21(24(40)26(33)41)17-20-11-9-12-20/h10,13,19-23,25H,9,11-12,14-18H2,1-8H3,(H2,33,41)(H,34,42)(H2,35,36,44)/t21?,22-,23+,25+/m0/s1. The Morgan fingerprint density at radius 3 is 2.09 bits per heavy atom. The molecule has 2 heterocycles. The second-order valence-electron chi connectivity index (χ2n) is 15.0. The number of urea groups is 2. The molecule has 1 unspecified atom stereocenters. The van der Waals surface area contributed by atoms with E-state index < -0.39 is 64.5 Å². The molecule has 0 radical (unpaired) electrons. The van der Waals surface area contributed by atoms with Crippen LogP contribution in [0.5, 0.6) is 0 Å². The largest absolute Gasteiger partial charge is 0.363 e. The van der Waals surface area contributed by atoms with Crippen molar-refractivity contribution < 1.29 is 28.8 Å². The van der Waals surface area contributed by atoms with E-state index >= 15 is 0 Å². The molecular weight excluding hydrogens is 578 g/mol. The Labute approximate surface area is 267 Å². The summed E-state index contributed by atoms with van der Waals surface area (Å²) >= 11 is 0. The third-order valence-corrected chi connectivity index (χ3v) is 9.07. The highest BCUT2D eigenvalue weighted by atomic mass is 16.2. The van der Waals surface area contributed by atoms with E-state index in [1.165, 1.54) is 4.90 Å². The molecule has 0 bridgehead atoms. The Hall–Kier alpha value is -3.64. The number of nitrogens with one attached hydrogen (secondary N) is 3. The lowest BCUT2D eigenvalue weighted by Crippen LogP contribution is -2.62. The van der Waals surface area contributed by atoms with Crippen LogP contribution in [0.3, 0.4) is 0 Å². The van der Waals surface area contributed by atoms with Crippen molar-refractivity contribution in [3.05, 3.63) is 12.2 Å². The van der Waals surface area contributed by atoms with Gasteiger partial charge in [-0.15, -0.1) is 0 Å². The van der Waals surface area contributed by atoms with E-state index in [-0.39, 0.29) is 24.5 Å². The lowest BCUT2D eigenvalue weighted by atomic mass is 9.80. The van der Waals surface area contributed by atoms with Crippen molar-refractivity contribution in [1.82, 2.24) is 30.7 Å². The van der Waals surface area contributed by atoms with Crippen LogP contribution in [0.1, 0.15) is 81.1 Å². The summed E-state index contributed by atoms with van der Waals surface area (Å²) in [6.45, 7) is 17.0. The number of amides is 7. The zero-order chi connectivity index (χ0) is 33.9. The van der Waals surface area contributed by atoms with Gasteiger partial charge in [-0.2, -0.15) is 0 Å². The Balaban J connectivity index is 1.71. The second-order valence-corrected chi connectivity index (χ2v) is 15.0. The van der Waals surface area contributed by atoms with Crippen LogP contribution in [-0.4, -0.2) is 107 Å². The summed E-state index contributed by atoms with van der Waals surface area (Å²) in [5.41, 5.74) is 4.13. The average molecular weight is 632 g/mol. The van der Waals surface area contributed by atoms with Gasteiger partial charge in [0, 0.05) is 32.2 Å². The lowest BCUT2D eigenvalue weighted by molar-refractivity contribution is -0.142. The molecule has 5 N–H and O–H groups in total. The quantitative estimate of drug-likeness (QED) is 0.189. The van der Waals surface area contributed by atoms with E-state index in [1.54, 1.807) is 22.0 Å². The lowest BCUT2D eigenvalue weighted by Gasteiger charge is -2.38. The van der Waals surface area contributed by atoms with Crippen LogP contribution in [-0.2, 0) is 19.2 Å². The van der Waals surface area contributed by atoms with Gasteiger partial charge in [0.2, 0.25) is 17.6 Å². The van der Waals surface area contributed by atoms with Crippen molar-refractivity contribution in [3.8, 4) is 0 Å². The van der Waals surface area contributed by atoms with Crippen molar-refractivity contribution in [2.24, 2.45) is 22.5 Å². The minimum atomic E-state index is -1.11. The SMILES string of the molecule is CC(C)N1CCN(C[C@@H](NC(=O)N[C@H](C(=O)N2CC=C[C@H]2C(=O)NC(CC2CCC2)C(=O)C(N)=O)C(C)(C)C)C(C)(C)C)C1=O. The number of carbonyl (C=O) groups is 6. The van der Waals surface area contributed by atoms with Gasteiger partial charge in [0.05, 0.1) is 12.1 Å². The molecule has 45 heavy (non-hydrogen) atoms. The van der Waals surface area contributed by atoms with Gasteiger partial charge >= 0.3 is 12.1 Å². The summed E-state index contributed by atoms with van der Waals surface area (Å²) in [6, 6.07) is -4.04. The van der Waals surface area contributed by atoms with Crippen LogP contribution in [0, 0.1) is 16.7 Å². The van der Waals surface area contributed by atoms with E-state index in [1.807, 2.05) is 55.4 Å². The third kappa shape index (κ3) is 8.97. The number of Topliss-reactive ketones (excluding diaryl/α,β-unsaturated/α-hetero) is 1. The Bertz CT molecular complexity index is 1180. The number of rotatable bonds is 12. The maximum atomic E-state index is 14.0. The molecule has 1 aliphatic carbocycles. The van der Waals surface area contributed by atoms with Crippen molar-refractivity contribution in [3.63, 3.8) is 0 Å². The fraction of sp³-hybridized carbons (Fsp3) is 0.750. The molecule has 3 rings (SSSR count). The number of primary amides is 1. The van der Waals surface area contributed by atoms with E-state index in [0.717, 1.165) is 19.3 Å². The van der Waals surface area contributed by atoms with Gasteiger partial charge in [-0.3, -0.25) is 19.2 Å². The van der Waals surface area contributed by atoms with Crippen LogP contribution in [0.15, 0.2) is 12.2 Å². The predicted molar refractivity (Wildman–Crippen MR) is 170 cm³/mol. The molecule has 0 aromatic carbocycles. The molecule has 7 amide bonds. The third-order valence-electron chi connectivity index (χ3n) is 9.07. The first-order valence-corrected chi connectivity index (χ1v) is 16.0. The van der Waals surface area contributed by atoms with Gasteiger partial charge in [0.15, 0.2) is 0 Å². The van der Waals surface area contributed by atoms with E-state index in [0.29, 0.717) is 26.1 Å². The van der Waals surface area contributed by atoms with E-state index in [2.05, 4.69) is 16.0 Å². The van der Waals surface area contributed by atoms with Crippen LogP contribution >= 0.6 is 0 Å². The molecule has 0 aromatic heterocycles. The van der Waals surface area contributed by atoms with Crippen molar-refractivity contribution in [2.75, 3.05) is 26.2 Å². The Morgan fingerprint density at radius 1 is 0.956 bits per heavy atom. The summed E-state index contributed by atoms with van der Waals surface area (Å²) in [4.78, 5) is 82.8. The highest BCUT2D eigenvalue weighted by molar-refractivity contribution is 6.37. The van der Waals surface area contributed by atoms with Gasteiger partial charge in [0.25, 0.3) is 5.91 Å². The Morgan fingerprint density at radius 2 is 1.60 bits per heavy atom. The number of nitrogens with two attached hydrogens (primary N) is 1. The minimum absolute atomic E-state index is 0.0671. The molecule has 0 aromatic rings. The summed E-state index contributed by atoms with van der Waals surface area (Å²) < 4.78 is 0. The number of carbonyl (C=O) groups excluding carboxylic acids is 6. The summed E-state index contributed by atoms with van der Waals surface area (Å²) in [6.07, 6.45) is 6.43. The molecule has 252 valence electrons. The number of ketones is 1.